The molecule has 7 nitrogen and oxygen atoms in total. The largest absolute Gasteiger partial charge is 0.443 e. The second-order valence-electron chi connectivity index (χ2n) is 10.8. The zero-order valence-corrected chi connectivity index (χ0v) is 20.8. The van der Waals surface area contributed by atoms with Gasteiger partial charge in [0.15, 0.2) is 0 Å². The number of hydrogen-bond donors (Lipinski definition) is 0. The molecule has 4 rings (SSSR count). The molecule has 0 radical (unpaired) electrons. The van der Waals surface area contributed by atoms with E-state index in [1.165, 1.54) is 12.8 Å². The monoisotopic (exact) mass is 470 g/mol. The SMILES string of the molecule is CCS(=O)(=O)N1CCC(COCCC2CC2C2CCN(C(=O)OC3(C)CCC3)CC2)CC1. The van der Waals surface area contributed by atoms with Crippen LogP contribution in [0, 0.1) is 23.7 Å². The number of amides is 1. The van der Waals surface area contributed by atoms with Gasteiger partial charge in [-0.3, -0.25) is 0 Å². The number of likely N-dealkylation sites (tertiary alicyclic amines) is 1. The van der Waals surface area contributed by atoms with Gasteiger partial charge in [-0.05, 0) is 95.3 Å². The average Bonchev–Trinajstić information content (AvgIpc) is 3.55. The average molecular weight is 471 g/mol. The molecular formula is C24H42N2O5S. The third kappa shape index (κ3) is 5.98. The van der Waals surface area contributed by atoms with Gasteiger partial charge in [0.25, 0.3) is 0 Å². The molecule has 0 aromatic heterocycles. The first-order valence-corrected chi connectivity index (χ1v) is 14.4. The minimum atomic E-state index is -3.04. The smallest absolute Gasteiger partial charge is 0.410 e. The summed E-state index contributed by atoms with van der Waals surface area (Å²) in [5, 5.41) is 0. The van der Waals surface area contributed by atoms with Crippen LogP contribution >= 0.6 is 0 Å². The summed E-state index contributed by atoms with van der Waals surface area (Å²) in [6, 6.07) is 0. The van der Waals surface area contributed by atoms with Crippen molar-refractivity contribution in [2.24, 2.45) is 23.7 Å². The van der Waals surface area contributed by atoms with Gasteiger partial charge in [0, 0.05) is 39.4 Å². The van der Waals surface area contributed by atoms with Crippen LogP contribution in [0.4, 0.5) is 4.79 Å². The summed E-state index contributed by atoms with van der Waals surface area (Å²) < 4.78 is 37.3. The van der Waals surface area contributed by atoms with Gasteiger partial charge in [-0.1, -0.05) is 0 Å². The van der Waals surface area contributed by atoms with E-state index in [1.54, 1.807) is 11.2 Å². The minimum Gasteiger partial charge on any atom is -0.443 e. The fourth-order valence-electron chi connectivity index (χ4n) is 5.76. The molecule has 0 bridgehead atoms. The molecule has 2 saturated carbocycles. The van der Waals surface area contributed by atoms with Crippen LogP contribution < -0.4 is 0 Å². The van der Waals surface area contributed by atoms with Gasteiger partial charge in [-0.15, -0.1) is 0 Å². The normalized spacial score (nSPS) is 29.5. The van der Waals surface area contributed by atoms with E-state index < -0.39 is 10.0 Å². The molecule has 2 unspecified atom stereocenters. The maximum atomic E-state index is 12.4. The van der Waals surface area contributed by atoms with E-state index in [0.29, 0.717) is 19.0 Å². The van der Waals surface area contributed by atoms with Gasteiger partial charge < -0.3 is 14.4 Å². The van der Waals surface area contributed by atoms with Gasteiger partial charge in [-0.25, -0.2) is 17.5 Å². The van der Waals surface area contributed by atoms with Crippen molar-refractivity contribution >= 4 is 16.1 Å². The van der Waals surface area contributed by atoms with Gasteiger partial charge in [-0.2, -0.15) is 0 Å². The van der Waals surface area contributed by atoms with Gasteiger partial charge in [0.1, 0.15) is 5.60 Å². The molecule has 0 aromatic rings. The molecule has 8 heteroatoms. The maximum absolute atomic E-state index is 12.4. The molecule has 184 valence electrons. The first-order chi connectivity index (χ1) is 15.3. The fourth-order valence-corrected chi connectivity index (χ4v) is 6.90. The summed E-state index contributed by atoms with van der Waals surface area (Å²) in [6.45, 7) is 8.30. The molecule has 4 aliphatic rings. The number of rotatable bonds is 9. The van der Waals surface area contributed by atoms with Crippen molar-refractivity contribution in [1.29, 1.82) is 0 Å². The van der Waals surface area contributed by atoms with Gasteiger partial charge >= 0.3 is 6.09 Å². The van der Waals surface area contributed by atoms with Crippen LogP contribution in [0.5, 0.6) is 0 Å². The van der Waals surface area contributed by atoms with E-state index >= 15 is 0 Å². The Bertz CT molecular complexity index is 737. The lowest BCUT2D eigenvalue weighted by Gasteiger charge is -2.40. The predicted molar refractivity (Wildman–Crippen MR) is 124 cm³/mol. The van der Waals surface area contributed by atoms with E-state index in [-0.39, 0.29) is 17.4 Å². The zero-order chi connectivity index (χ0) is 22.8. The third-order valence-electron chi connectivity index (χ3n) is 8.44. The van der Waals surface area contributed by atoms with E-state index in [4.69, 9.17) is 9.47 Å². The van der Waals surface area contributed by atoms with Crippen LogP contribution in [0.15, 0.2) is 0 Å². The first kappa shape index (κ1) is 24.3. The number of hydrogen-bond acceptors (Lipinski definition) is 5. The minimum absolute atomic E-state index is 0.107. The van der Waals surface area contributed by atoms with Crippen molar-refractivity contribution in [1.82, 2.24) is 9.21 Å². The Balaban J connectivity index is 1.05. The van der Waals surface area contributed by atoms with Crippen molar-refractivity contribution in [2.75, 3.05) is 45.1 Å². The van der Waals surface area contributed by atoms with E-state index in [2.05, 4.69) is 6.92 Å². The summed E-state index contributed by atoms with van der Waals surface area (Å²) in [7, 11) is -3.04. The number of nitrogens with zero attached hydrogens (tertiary/aromatic N) is 2. The summed E-state index contributed by atoms with van der Waals surface area (Å²) in [6.07, 6.45) is 9.53. The Morgan fingerprint density at radius 3 is 2.34 bits per heavy atom. The molecule has 2 saturated heterocycles. The summed E-state index contributed by atoms with van der Waals surface area (Å²) in [5.41, 5.74) is -0.209. The Morgan fingerprint density at radius 2 is 1.75 bits per heavy atom. The van der Waals surface area contributed by atoms with Gasteiger partial charge in [0.2, 0.25) is 10.0 Å². The lowest BCUT2D eigenvalue weighted by Crippen LogP contribution is -2.46. The topological polar surface area (TPSA) is 76.2 Å². The Hall–Kier alpha value is -0.860. The van der Waals surface area contributed by atoms with Crippen molar-refractivity contribution < 1.29 is 22.7 Å². The van der Waals surface area contributed by atoms with E-state index in [1.807, 2.05) is 4.90 Å². The molecule has 0 aromatic carbocycles. The lowest BCUT2D eigenvalue weighted by atomic mass is 9.82. The van der Waals surface area contributed by atoms with Crippen LogP contribution in [-0.4, -0.2) is 74.5 Å². The highest BCUT2D eigenvalue weighted by Crippen LogP contribution is 2.50. The van der Waals surface area contributed by atoms with Crippen LogP contribution in [0.3, 0.4) is 0 Å². The zero-order valence-electron chi connectivity index (χ0n) is 20.0. The molecule has 1 amide bonds. The van der Waals surface area contributed by atoms with Crippen molar-refractivity contribution in [3.8, 4) is 0 Å². The second-order valence-corrected chi connectivity index (χ2v) is 13.0. The quantitative estimate of drug-likeness (QED) is 0.478. The lowest BCUT2D eigenvalue weighted by molar-refractivity contribution is -0.0508. The standard InChI is InChI=1S/C24H42N2O5S/c1-3-32(28,29)26-14-5-19(6-15-26)18-30-16-9-21-17-22(21)20-7-12-25(13-8-20)23(27)31-24(2)10-4-11-24/h19-22H,3-18H2,1-2H3. The van der Waals surface area contributed by atoms with Crippen molar-refractivity contribution in [3.05, 3.63) is 0 Å². The molecule has 2 aliphatic carbocycles. The van der Waals surface area contributed by atoms with E-state index in [9.17, 15) is 13.2 Å². The molecule has 0 N–H and O–H groups in total. The van der Waals surface area contributed by atoms with Gasteiger partial charge in [0.05, 0.1) is 5.75 Å². The Morgan fingerprint density at radius 1 is 1.06 bits per heavy atom. The predicted octanol–water partition coefficient (Wildman–Crippen LogP) is 3.88. The molecule has 0 spiro atoms. The third-order valence-corrected chi connectivity index (χ3v) is 10.3. The number of carbonyl (C=O) groups is 1. The van der Waals surface area contributed by atoms with Crippen molar-refractivity contribution in [3.63, 3.8) is 0 Å². The van der Waals surface area contributed by atoms with Crippen LogP contribution in [0.25, 0.3) is 0 Å². The molecule has 2 atom stereocenters. The Kier molecular flexibility index (Phi) is 7.72. The highest BCUT2D eigenvalue weighted by molar-refractivity contribution is 7.89. The number of piperidine rings is 2. The van der Waals surface area contributed by atoms with Crippen LogP contribution in [0.2, 0.25) is 0 Å². The van der Waals surface area contributed by atoms with E-state index in [0.717, 1.165) is 89.0 Å². The summed E-state index contributed by atoms with van der Waals surface area (Å²) >= 11 is 0. The molecular weight excluding hydrogens is 428 g/mol. The number of ether oxygens (including phenoxy) is 2. The van der Waals surface area contributed by atoms with Crippen LogP contribution in [-0.2, 0) is 19.5 Å². The second kappa shape index (κ2) is 10.2. The number of sulfonamides is 1. The fraction of sp³-hybridized carbons (Fsp3) is 0.958. The summed E-state index contributed by atoms with van der Waals surface area (Å²) in [5.74, 6) is 3.01. The highest BCUT2D eigenvalue weighted by Gasteiger charge is 2.44. The molecule has 2 heterocycles. The number of carbonyl (C=O) groups excluding carboxylic acids is 1. The first-order valence-electron chi connectivity index (χ1n) is 12.8. The van der Waals surface area contributed by atoms with Crippen molar-refractivity contribution in [2.45, 2.75) is 77.2 Å². The molecule has 32 heavy (non-hydrogen) atoms. The highest BCUT2D eigenvalue weighted by atomic mass is 32.2. The van der Waals surface area contributed by atoms with Crippen LogP contribution in [0.1, 0.15) is 71.6 Å². The maximum Gasteiger partial charge on any atom is 0.410 e. The summed E-state index contributed by atoms with van der Waals surface area (Å²) in [4.78, 5) is 14.3. The Labute approximate surface area is 194 Å². The molecule has 2 aliphatic heterocycles. The molecule has 4 fully saturated rings.